The number of carbonyl (C=O) groups excluding carboxylic acids is 2. The summed E-state index contributed by atoms with van der Waals surface area (Å²) in [5, 5.41) is 9.97. The Balaban J connectivity index is 1.40. The van der Waals surface area contributed by atoms with Crippen LogP contribution in [0.3, 0.4) is 0 Å². The van der Waals surface area contributed by atoms with E-state index in [2.05, 4.69) is 20.7 Å². The van der Waals surface area contributed by atoms with E-state index in [0.717, 1.165) is 19.3 Å². The Kier molecular flexibility index (Phi) is 4.90. The Morgan fingerprint density at radius 2 is 1.97 bits per heavy atom. The van der Waals surface area contributed by atoms with Crippen molar-refractivity contribution in [1.82, 2.24) is 15.1 Å². The van der Waals surface area contributed by atoms with Crippen LogP contribution >= 0.6 is 0 Å². The predicted molar refractivity (Wildman–Crippen MR) is 123 cm³/mol. The molecule has 3 heterocycles. The summed E-state index contributed by atoms with van der Waals surface area (Å²) < 4.78 is 22.2. The number of benzodiazepines with no additional fused rings is 1. The Morgan fingerprint density at radius 3 is 2.76 bits per heavy atom. The number of aliphatic imine (C=N–C) groups is 1. The number of rotatable bonds is 4. The van der Waals surface area contributed by atoms with E-state index in [1.807, 2.05) is 30.3 Å². The summed E-state index contributed by atoms with van der Waals surface area (Å²) in [5.41, 5.74) is 2.66. The number of benzene rings is 2. The van der Waals surface area contributed by atoms with Gasteiger partial charge in [0.1, 0.15) is 11.4 Å². The number of ether oxygens (including phenoxy) is 1. The monoisotopic (exact) mass is 459 g/mol. The SMILES string of the molecule is O=C(NC1N=C(c2ccccc2)c2cccc(F)c2NC1=O)c1c(C2CC2)nn2c1OCCC2. The molecule has 2 N–H and O–H groups in total. The van der Waals surface area contributed by atoms with Gasteiger partial charge in [-0.25, -0.2) is 14.1 Å². The van der Waals surface area contributed by atoms with Gasteiger partial charge < -0.3 is 15.4 Å². The molecule has 3 aliphatic rings. The van der Waals surface area contributed by atoms with Gasteiger partial charge in [0.25, 0.3) is 11.8 Å². The van der Waals surface area contributed by atoms with E-state index in [-0.39, 0.29) is 11.6 Å². The molecule has 0 spiro atoms. The molecule has 2 amide bonds. The number of fused-ring (bicyclic) bond motifs is 2. The molecule has 2 aromatic carbocycles. The second kappa shape index (κ2) is 8.09. The molecule has 0 radical (unpaired) electrons. The number of amides is 2. The topological polar surface area (TPSA) is 97.6 Å². The van der Waals surface area contributed by atoms with Crippen LogP contribution in [0.4, 0.5) is 10.1 Å². The van der Waals surface area contributed by atoms with Crippen molar-refractivity contribution in [2.45, 2.75) is 37.9 Å². The predicted octanol–water partition coefficient (Wildman–Crippen LogP) is 3.23. The van der Waals surface area contributed by atoms with Crippen LogP contribution in [-0.2, 0) is 11.3 Å². The first-order chi connectivity index (χ1) is 16.6. The maximum absolute atomic E-state index is 14.7. The highest BCUT2D eigenvalue weighted by Gasteiger charge is 2.38. The summed E-state index contributed by atoms with van der Waals surface area (Å²) in [7, 11) is 0. The lowest BCUT2D eigenvalue weighted by molar-refractivity contribution is -0.117. The molecule has 172 valence electrons. The number of nitrogens with one attached hydrogen (secondary N) is 2. The molecular formula is C25H22FN5O3. The quantitative estimate of drug-likeness (QED) is 0.626. The van der Waals surface area contributed by atoms with E-state index in [0.29, 0.717) is 47.1 Å². The molecule has 0 bridgehead atoms. The standard InChI is InChI=1S/C25H22FN5O3/c26-17-9-4-8-16-19(14-6-2-1-3-7-14)27-22(24(33)28-21(16)17)29-23(32)18-20(15-10-11-15)30-31-12-5-13-34-25(18)31/h1-4,6-9,15,22H,5,10-13H2,(H,28,33)(H,29,32). The summed E-state index contributed by atoms with van der Waals surface area (Å²) in [5.74, 6) is -1.03. The van der Waals surface area contributed by atoms with E-state index in [1.54, 1.807) is 16.8 Å². The van der Waals surface area contributed by atoms with E-state index >= 15 is 0 Å². The van der Waals surface area contributed by atoms with Crippen molar-refractivity contribution in [2.24, 2.45) is 4.99 Å². The fraction of sp³-hybridized carbons (Fsp3) is 0.280. The number of hydrogen-bond acceptors (Lipinski definition) is 5. The third-order valence-corrected chi connectivity index (χ3v) is 6.22. The largest absolute Gasteiger partial charge is 0.477 e. The van der Waals surface area contributed by atoms with Gasteiger partial charge in [0, 0.05) is 30.0 Å². The fourth-order valence-electron chi connectivity index (χ4n) is 4.42. The van der Waals surface area contributed by atoms with Crippen LogP contribution in [0.1, 0.15) is 52.4 Å². The van der Waals surface area contributed by atoms with Crippen molar-refractivity contribution < 1.29 is 18.7 Å². The highest BCUT2D eigenvalue weighted by molar-refractivity contribution is 6.20. The van der Waals surface area contributed by atoms with Gasteiger partial charge in [-0.1, -0.05) is 42.5 Å². The normalized spacial score (nSPS) is 19.1. The Morgan fingerprint density at radius 1 is 1.15 bits per heavy atom. The molecule has 1 saturated carbocycles. The van der Waals surface area contributed by atoms with Crippen molar-refractivity contribution in [2.75, 3.05) is 11.9 Å². The Hall–Kier alpha value is -4.01. The summed E-state index contributed by atoms with van der Waals surface area (Å²) in [6.07, 6.45) is 1.48. The lowest BCUT2D eigenvalue weighted by Crippen LogP contribution is -2.42. The first kappa shape index (κ1) is 20.6. The lowest BCUT2D eigenvalue weighted by atomic mass is 10.0. The average Bonchev–Trinajstić information content (AvgIpc) is 3.64. The van der Waals surface area contributed by atoms with Crippen LogP contribution < -0.4 is 15.4 Å². The van der Waals surface area contributed by atoms with Crippen molar-refractivity contribution in [3.8, 4) is 5.88 Å². The molecular weight excluding hydrogens is 437 g/mol. The minimum absolute atomic E-state index is 0.0387. The molecule has 1 aliphatic carbocycles. The van der Waals surface area contributed by atoms with Gasteiger partial charge in [-0.05, 0) is 18.9 Å². The van der Waals surface area contributed by atoms with Gasteiger partial charge in [-0.2, -0.15) is 5.10 Å². The molecule has 34 heavy (non-hydrogen) atoms. The molecule has 1 unspecified atom stereocenters. The van der Waals surface area contributed by atoms with Crippen molar-refractivity contribution >= 4 is 23.2 Å². The third-order valence-electron chi connectivity index (χ3n) is 6.22. The number of aromatic nitrogens is 2. The van der Waals surface area contributed by atoms with Gasteiger partial charge in [0.05, 0.1) is 23.7 Å². The number of halogens is 1. The number of hydrogen-bond donors (Lipinski definition) is 2. The molecule has 3 aromatic rings. The number of anilines is 1. The Labute approximate surface area is 194 Å². The third kappa shape index (κ3) is 3.53. The maximum Gasteiger partial charge on any atom is 0.269 e. The number of aryl methyl sites for hydroxylation is 1. The first-order valence-electron chi connectivity index (χ1n) is 11.4. The van der Waals surface area contributed by atoms with Crippen molar-refractivity contribution in [3.63, 3.8) is 0 Å². The van der Waals surface area contributed by atoms with E-state index in [1.165, 1.54) is 6.07 Å². The summed E-state index contributed by atoms with van der Waals surface area (Å²) >= 11 is 0. The smallest absolute Gasteiger partial charge is 0.269 e. The van der Waals surface area contributed by atoms with Crippen molar-refractivity contribution in [3.05, 3.63) is 76.7 Å². The second-order valence-electron chi connectivity index (χ2n) is 8.64. The van der Waals surface area contributed by atoms with E-state index in [4.69, 9.17) is 4.74 Å². The number of para-hydroxylation sites is 1. The van der Waals surface area contributed by atoms with Gasteiger partial charge in [-0.15, -0.1) is 0 Å². The van der Waals surface area contributed by atoms with Crippen LogP contribution in [0.25, 0.3) is 0 Å². The molecule has 9 heteroatoms. The zero-order valence-electron chi connectivity index (χ0n) is 18.3. The first-order valence-corrected chi connectivity index (χ1v) is 11.4. The number of carbonyl (C=O) groups is 2. The summed E-state index contributed by atoms with van der Waals surface area (Å²) in [4.78, 5) is 31.2. The maximum atomic E-state index is 14.7. The van der Waals surface area contributed by atoms with Crippen molar-refractivity contribution in [1.29, 1.82) is 0 Å². The molecule has 8 nitrogen and oxygen atoms in total. The average molecular weight is 459 g/mol. The zero-order valence-corrected chi connectivity index (χ0v) is 18.3. The van der Waals surface area contributed by atoms with E-state index < -0.39 is 23.8 Å². The van der Waals surface area contributed by atoms with E-state index in [9.17, 15) is 14.0 Å². The second-order valence-corrected chi connectivity index (χ2v) is 8.64. The molecule has 1 atom stereocenters. The fourth-order valence-corrected chi connectivity index (χ4v) is 4.42. The zero-order chi connectivity index (χ0) is 23.2. The molecule has 1 fully saturated rings. The number of nitrogens with zero attached hydrogens (tertiary/aromatic N) is 3. The minimum Gasteiger partial charge on any atom is -0.477 e. The van der Waals surface area contributed by atoms with Crippen LogP contribution in [0.2, 0.25) is 0 Å². The molecule has 1 aromatic heterocycles. The van der Waals surface area contributed by atoms with Crippen LogP contribution in [0, 0.1) is 5.82 Å². The minimum atomic E-state index is -1.26. The molecule has 0 saturated heterocycles. The molecule has 2 aliphatic heterocycles. The molecule has 6 rings (SSSR count). The van der Waals surface area contributed by atoms with Crippen LogP contribution in [0.5, 0.6) is 5.88 Å². The summed E-state index contributed by atoms with van der Waals surface area (Å²) in [6, 6.07) is 13.7. The van der Waals surface area contributed by atoms with Gasteiger partial charge in [-0.3, -0.25) is 9.59 Å². The lowest BCUT2D eigenvalue weighted by Gasteiger charge is -2.17. The van der Waals surface area contributed by atoms with Gasteiger partial charge >= 0.3 is 0 Å². The van der Waals surface area contributed by atoms with Gasteiger partial charge in [0.2, 0.25) is 12.0 Å². The Bertz CT molecular complexity index is 1330. The van der Waals surface area contributed by atoms with Crippen LogP contribution in [0.15, 0.2) is 53.5 Å². The van der Waals surface area contributed by atoms with Gasteiger partial charge in [0.15, 0.2) is 0 Å². The highest BCUT2D eigenvalue weighted by Crippen LogP contribution is 2.43. The summed E-state index contributed by atoms with van der Waals surface area (Å²) in [6.45, 7) is 1.18. The highest BCUT2D eigenvalue weighted by atomic mass is 19.1. The van der Waals surface area contributed by atoms with Crippen LogP contribution in [-0.4, -0.2) is 40.1 Å².